The molecule has 0 amide bonds. The van der Waals surface area contributed by atoms with Crippen molar-refractivity contribution in [2.24, 2.45) is 0 Å². The Hall–Kier alpha value is -3.24. The summed E-state index contributed by atoms with van der Waals surface area (Å²) in [6, 6.07) is 0. The smallest absolute Gasteiger partial charge is 0.114 e. The second-order valence-corrected chi connectivity index (χ2v) is 8.04. The lowest BCUT2D eigenvalue weighted by molar-refractivity contribution is 1.05. The number of rotatable bonds is 1. The highest BCUT2D eigenvalue weighted by molar-refractivity contribution is 7.14. The number of hydrogen-bond donors (Lipinski definition) is 0. The van der Waals surface area contributed by atoms with Crippen LogP contribution < -0.4 is 0 Å². The molecule has 134 valence electrons. The summed E-state index contributed by atoms with van der Waals surface area (Å²) in [7, 11) is 0. The van der Waals surface area contributed by atoms with Gasteiger partial charge in [0, 0.05) is 32.7 Å². The van der Waals surface area contributed by atoms with Crippen LogP contribution in [0.1, 0.15) is 11.1 Å². The quantitative estimate of drug-likeness (QED) is 0.408. The first kappa shape index (κ1) is 15.8. The standard InChI is InChI=1S/C18H10N8S2/c1-7-9-3-19-22-6-12(9)14(18-15(7)23-25-28-18)13-11-5-21-20-4-10(11)8(2)17-16(13)24-26-27-17/h3-6H,1-2H3. The summed E-state index contributed by atoms with van der Waals surface area (Å²) in [5.41, 5.74) is 5.83. The summed E-state index contributed by atoms with van der Waals surface area (Å²) in [5, 5.41) is 29.3. The Morgan fingerprint density at radius 2 is 1.11 bits per heavy atom. The summed E-state index contributed by atoms with van der Waals surface area (Å²) in [6.45, 7) is 4.11. The molecular weight excluding hydrogens is 392 g/mol. The molecule has 0 saturated heterocycles. The molecule has 4 aromatic heterocycles. The van der Waals surface area contributed by atoms with Crippen molar-refractivity contribution in [3.63, 3.8) is 0 Å². The van der Waals surface area contributed by atoms with Gasteiger partial charge in [0.05, 0.1) is 34.2 Å². The average molecular weight is 402 g/mol. The van der Waals surface area contributed by atoms with E-state index >= 15 is 0 Å². The average Bonchev–Trinajstić information content (AvgIpc) is 3.40. The van der Waals surface area contributed by atoms with Crippen LogP contribution in [0.25, 0.3) is 53.1 Å². The predicted molar refractivity (Wildman–Crippen MR) is 109 cm³/mol. The van der Waals surface area contributed by atoms with Crippen LogP contribution in [0.5, 0.6) is 0 Å². The fourth-order valence-electron chi connectivity index (χ4n) is 3.84. The summed E-state index contributed by atoms with van der Waals surface area (Å²) in [6.07, 6.45) is 7.16. The molecule has 0 saturated carbocycles. The number of benzene rings is 2. The van der Waals surface area contributed by atoms with Crippen LogP contribution >= 0.6 is 23.1 Å². The van der Waals surface area contributed by atoms with Gasteiger partial charge >= 0.3 is 0 Å². The number of aromatic nitrogens is 8. The Labute approximate surface area is 165 Å². The van der Waals surface area contributed by atoms with Gasteiger partial charge in [-0.3, -0.25) is 0 Å². The van der Waals surface area contributed by atoms with Crippen molar-refractivity contribution in [3.05, 3.63) is 35.9 Å². The first-order valence-corrected chi connectivity index (χ1v) is 10.0. The van der Waals surface area contributed by atoms with Crippen molar-refractivity contribution in [2.75, 3.05) is 0 Å². The number of nitrogens with zero attached hydrogens (tertiary/aromatic N) is 8. The summed E-state index contributed by atoms with van der Waals surface area (Å²) in [5.74, 6) is 0. The number of hydrogen-bond acceptors (Lipinski definition) is 10. The molecule has 2 aromatic carbocycles. The van der Waals surface area contributed by atoms with Gasteiger partial charge in [0.15, 0.2) is 0 Å². The highest BCUT2D eigenvalue weighted by Crippen LogP contribution is 2.45. The van der Waals surface area contributed by atoms with Crippen LogP contribution in [0, 0.1) is 13.8 Å². The molecular formula is C18H10N8S2. The van der Waals surface area contributed by atoms with Crippen molar-refractivity contribution in [1.29, 1.82) is 0 Å². The number of fused-ring (bicyclic) bond motifs is 4. The van der Waals surface area contributed by atoms with E-state index < -0.39 is 0 Å². The topological polar surface area (TPSA) is 103 Å². The van der Waals surface area contributed by atoms with E-state index in [9.17, 15) is 0 Å². The summed E-state index contributed by atoms with van der Waals surface area (Å²) < 4.78 is 10.5. The van der Waals surface area contributed by atoms with Gasteiger partial charge in [0.2, 0.25) is 0 Å². The van der Waals surface area contributed by atoms with Gasteiger partial charge in [-0.15, -0.1) is 10.2 Å². The SMILES string of the molecule is Cc1c2cnncc2c(-c2c3cnncc3c(C)c3snnc23)c2snnc12. The zero-order valence-electron chi connectivity index (χ0n) is 14.7. The molecule has 4 heterocycles. The minimum absolute atomic E-state index is 0.847. The normalized spacial score (nSPS) is 11.9. The Morgan fingerprint density at radius 1 is 0.571 bits per heavy atom. The van der Waals surface area contributed by atoms with Gasteiger partial charge < -0.3 is 0 Å². The molecule has 0 N–H and O–H groups in total. The fraction of sp³-hybridized carbons (Fsp3) is 0.111. The van der Waals surface area contributed by atoms with Crippen molar-refractivity contribution in [2.45, 2.75) is 13.8 Å². The molecule has 28 heavy (non-hydrogen) atoms. The minimum atomic E-state index is 0.847. The maximum atomic E-state index is 4.47. The van der Waals surface area contributed by atoms with E-state index in [1.165, 1.54) is 23.1 Å². The van der Waals surface area contributed by atoms with Crippen molar-refractivity contribution >= 4 is 65.0 Å². The molecule has 0 radical (unpaired) electrons. The second-order valence-electron chi connectivity index (χ2n) is 6.53. The van der Waals surface area contributed by atoms with E-state index in [-0.39, 0.29) is 0 Å². The molecule has 10 heteroatoms. The van der Waals surface area contributed by atoms with Crippen molar-refractivity contribution < 1.29 is 0 Å². The van der Waals surface area contributed by atoms with Crippen molar-refractivity contribution in [1.82, 2.24) is 39.6 Å². The number of aryl methyl sites for hydroxylation is 2. The zero-order valence-corrected chi connectivity index (χ0v) is 16.3. The van der Waals surface area contributed by atoms with Crippen LogP contribution in [0.2, 0.25) is 0 Å². The lowest BCUT2D eigenvalue weighted by Gasteiger charge is -2.14. The Kier molecular flexibility index (Phi) is 3.17. The first-order valence-electron chi connectivity index (χ1n) is 8.46. The lowest BCUT2D eigenvalue weighted by Crippen LogP contribution is -1.94. The highest BCUT2D eigenvalue weighted by Gasteiger charge is 2.23. The Balaban J connectivity index is 1.96. The molecule has 6 aromatic rings. The first-order chi connectivity index (χ1) is 13.8. The van der Waals surface area contributed by atoms with E-state index in [1.807, 2.05) is 6.92 Å². The summed E-state index contributed by atoms with van der Waals surface area (Å²) in [4.78, 5) is 0. The van der Waals surface area contributed by atoms with Gasteiger partial charge in [-0.05, 0) is 48.0 Å². The molecule has 6 rings (SSSR count). The van der Waals surface area contributed by atoms with Gasteiger partial charge in [-0.2, -0.15) is 20.4 Å². The maximum Gasteiger partial charge on any atom is 0.114 e. The summed E-state index contributed by atoms with van der Waals surface area (Å²) >= 11 is 2.76. The monoisotopic (exact) mass is 402 g/mol. The second kappa shape index (κ2) is 5.63. The third-order valence-corrected chi connectivity index (χ3v) is 6.78. The fourth-order valence-corrected chi connectivity index (χ4v) is 5.31. The zero-order chi connectivity index (χ0) is 18.8. The largest absolute Gasteiger partial charge is 0.158 e. The van der Waals surface area contributed by atoms with Gasteiger partial charge in [-0.1, -0.05) is 8.98 Å². The molecule has 0 spiro atoms. The molecule has 0 aliphatic heterocycles. The van der Waals surface area contributed by atoms with Crippen LogP contribution in [0.15, 0.2) is 24.8 Å². The molecule has 8 nitrogen and oxygen atoms in total. The van der Waals surface area contributed by atoms with Gasteiger partial charge in [0.25, 0.3) is 0 Å². The molecule has 0 bridgehead atoms. The van der Waals surface area contributed by atoms with Crippen molar-refractivity contribution in [3.8, 4) is 11.1 Å². The van der Waals surface area contributed by atoms with E-state index in [4.69, 9.17) is 0 Å². The van der Waals surface area contributed by atoms with Gasteiger partial charge in [-0.25, -0.2) is 0 Å². The van der Waals surface area contributed by atoms with E-state index in [2.05, 4.69) is 46.5 Å². The Bertz CT molecular complexity index is 1430. The van der Waals surface area contributed by atoms with E-state index in [1.54, 1.807) is 24.8 Å². The molecule has 0 fully saturated rings. The van der Waals surface area contributed by atoms with E-state index in [0.717, 1.165) is 64.2 Å². The highest BCUT2D eigenvalue weighted by atomic mass is 32.1. The van der Waals surface area contributed by atoms with Crippen LogP contribution in [-0.2, 0) is 0 Å². The van der Waals surface area contributed by atoms with Crippen LogP contribution in [0.4, 0.5) is 0 Å². The van der Waals surface area contributed by atoms with Crippen LogP contribution in [-0.4, -0.2) is 39.6 Å². The Morgan fingerprint density at radius 3 is 1.82 bits per heavy atom. The molecule has 0 aliphatic carbocycles. The molecule has 0 aliphatic rings. The van der Waals surface area contributed by atoms with E-state index in [0.29, 0.717) is 0 Å². The minimum Gasteiger partial charge on any atom is -0.158 e. The molecule has 0 atom stereocenters. The molecule has 0 unspecified atom stereocenters. The lowest BCUT2D eigenvalue weighted by atomic mass is 9.91. The third-order valence-electron chi connectivity index (χ3n) is 5.19. The maximum absolute atomic E-state index is 4.47. The van der Waals surface area contributed by atoms with Crippen LogP contribution in [0.3, 0.4) is 0 Å². The third kappa shape index (κ3) is 1.93. The predicted octanol–water partition coefficient (Wildman–Crippen LogP) is 3.87. The van der Waals surface area contributed by atoms with Gasteiger partial charge in [0.1, 0.15) is 11.0 Å².